The van der Waals surface area contributed by atoms with Gasteiger partial charge in [0, 0.05) is 61.2 Å². The quantitative estimate of drug-likeness (QED) is 0.331. The van der Waals surface area contributed by atoms with E-state index < -0.39 is 0 Å². The molecule has 4 aliphatic rings. The van der Waals surface area contributed by atoms with Crippen molar-refractivity contribution in [1.82, 2.24) is 35.7 Å². The minimum atomic E-state index is -0.0782. The van der Waals surface area contributed by atoms with Crippen molar-refractivity contribution in [1.29, 1.82) is 0 Å². The summed E-state index contributed by atoms with van der Waals surface area (Å²) < 4.78 is 0. The Labute approximate surface area is 241 Å². The number of aromatic nitrogens is 4. The first-order valence-corrected chi connectivity index (χ1v) is 15.6. The Morgan fingerprint density at radius 2 is 1.80 bits per heavy atom. The minimum absolute atomic E-state index is 0.0782. The number of carbonyl (C=O) groups is 2. The van der Waals surface area contributed by atoms with Gasteiger partial charge in [0.05, 0.1) is 0 Å². The van der Waals surface area contributed by atoms with Gasteiger partial charge in [-0.25, -0.2) is 14.8 Å². The van der Waals surface area contributed by atoms with Crippen molar-refractivity contribution in [3.05, 3.63) is 24.0 Å². The number of hydrogen-bond acceptors (Lipinski definition) is 7. The Morgan fingerprint density at radius 1 is 0.976 bits per heavy atom. The van der Waals surface area contributed by atoms with Crippen molar-refractivity contribution < 1.29 is 9.59 Å². The van der Waals surface area contributed by atoms with Crippen LogP contribution in [0.25, 0.3) is 0 Å². The second-order valence-corrected chi connectivity index (χ2v) is 12.3. The fourth-order valence-corrected chi connectivity index (χ4v) is 7.09. The Balaban J connectivity index is 0.927. The van der Waals surface area contributed by atoms with E-state index in [4.69, 9.17) is 0 Å². The van der Waals surface area contributed by atoms with Crippen molar-refractivity contribution in [2.75, 3.05) is 11.9 Å². The Bertz CT molecular complexity index is 1220. The molecule has 3 heterocycles. The Morgan fingerprint density at radius 3 is 2.61 bits per heavy atom. The fourth-order valence-electron chi connectivity index (χ4n) is 7.09. The zero-order valence-corrected chi connectivity index (χ0v) is 23.9. The van der Waals surface area contributed by atoms with Crippen molar-refractivity contribution >= 4 is 35.7 Å². The molecule has 1 aliphatic heterocycles. The van der Waals surface area contributed by atoms with Crippen LogP contribution >= 0.6 is 0 Å². The molecule has 0 radical (unpaired) electrons. The van der Waals surface area contributed by atoms with Crippen molar-refractivity contribution in [3.63, 3.8) is 0 Å². The van der Waals surface area contributed by atoms with Gasteiger partial charge < -0.3 is 20.9 Å². The highest BCUT2D eigenvalue weighted by atomic mass is 16.2. The molecule has 2 aromatic heterocycles. The first-order valence-electron chi connectivity index (χ1n) is 15.6. The maximum Gasteiger partial charge on any atom is 0.315 e. The normalized spacial score (nSPS) is 27.4. The second kappa shape index (κ2) is 13.0. The highest BCUT2D eigenvalue weighted by Gasteiger charge is 2.33. The van der Waals surface area contributed by atoms with Crippen LogP contribution in [0.4, 0.5) is 22.4 Å². The van der Waals surface area contributed by atoms with Gasteiger partial charge in [-0.15, -0.1) is 0 Å². The van der Waals surface area contributed by atoms with Crippen LogP contribution in [0.1, 0.15) is 102 Å². The smallest absolute Gasteiger partial charge is 0.315 e. The summed E-state index contributed by atoms with van der Waals surface area (Å²) in [6.45, 7) is 0.871. The number of carbonyl (C=O) groups excluding carboxylic acids is 2. The molecule has 3 amide bonds. The molecule has 6 rings (SSSR count). The molecule has 41 heavy (non-hydrogen) atoms. The second-order valence-electron chi connectivity index (χ2n) is 12.3. The lowest BCUT2D eigenvalue weighted by molar-refractivity contribution is -0.130. The number of nitrogens with zero attached hydrogens (tertiary/aromatic N) is 5. The molecular formula is C30H43N9O2. The van der Waals surface area contributed by atoms with Gasteiger partial charge in [0.25, 0.3) is 5.95 Å². The van der Waals surface area contributed by atoms with Crippen LogP contribution in [0.15, 0.2) is 23.3 Å². The van der Waals surface area contributed by atoms with Crippen LogP contribution in [-0.4, -0.2) is 67.9 Å². The van der Waals surface area contributed by atoms with Gasteiger partial charge in [0.2, 0.25) is 5.91 Å². The maximum absolute atomic E-state index is 12.7. The SMILES string of the molecule is O=C(NC1CCC(/C=N\c2nccc(Nc3cc(C4CCCC4)[nH]n3)n2)CC1)NC1CCCC(N2CCCC2=O)C1. The molecule has 0 bridgehead atoms. The third kappa shape index (κ3) is 7.23. The minimum Gasteiger partial charge on any atom is -0.340 e. The van der Waals surface area contributed by atoms with Gasteiger partial charge >= 0.3 is 6.03 Å². The van der Waals surface area contributed by atoms with Gasteiger partial charge in [0.1, 0.15) is 5.82 Å². The summed E-state index contributed by atoms with van der Waals surface area (Å²) in [5, 5.41) is 17.2. The molecule has 0 aromatic carbocycles. The summed E-state index contributed by atoms with van der Waals surface area (Å²) in [5.74, 6) is 3.07. The average Bonchev–Trinajstić information content (AvgIpc) is 3.76. The standard InChI is InChI=1S/C30H43N9O2/c40-28-9-4-16-39(28)24-8-3-7-23(17-24)34-30(41)33-22-12-10-20(11-13-22)19-32-29-31-15-14-26(36-29)35-27-18-25(37-38-27)21-5-1-2-6-21/h14-15,18-24H,1-13,16-17H2,(H2,33,34,41)(H2,31,35,36,37,38)/b32-19-. The van der Waals surface area contributed by atoms with Crippen LogP contribution in [-0.2, 0) is 4.79 Å². The fraction of sp³-hybridized carbons (Fsp3) is 0.667. The molecule has 3 aliphatic carbocycles. The van der Waals surface area contributed by atoms with E-state index in [1.165, 1.54) is 31.4 Å². The highest BCUT2D eigenvalue weighted by Crippen LogP contribution is 2.34. The molecule has 220 valence electrons. The molecule has 11 nitrogen and oxygen atoms in total. The largest absolute Gasteiger partial charge is 0.340 e. The van der Waals surface area contributed by atoms with Crippen LogP contribution in [0.3, 0.4) is 0 Å². The lowest BCUT2D eigenvalue weighted by Crippen LogP contribution is -2.51. The maximum atomic E-state index is 12.7. The molecular weight excluding hydrogens is 518 g/mol. The molecule has 4 fully saturated rings. The van der Waals surface area contributed by atoms with E-state index in [1.807, 2.05) is 17.2 Å². The van der Waals surface area contributed by atoms with E-state index >= 15 is 0 Å². The number of likely N-dealkylation sites (tertiary alicyclic amines) is 1. The molecule has 1 saturated heterocycles. The lowest BCUT2D eigenvalue weighted by Gasteiger charge is -2.36. The van der Waals surface area contributed by atoms with Crippen LogP contribution in [0, 0.1) is 5.92 Å². The number of H-pyrrole nitrogens is 1. The lowest BCUT2D eigenvalue weighted by atomic mass is 9.87. The number of rotatable bonds is 8. The number of aromatic amines is 1. The van der Waals surface area contributed by atoms with E-state index in [-0.39, 0.29) is 30.1 Å². The number of urea groups is 1. The van der Waals surface area contributed by atoms with Gasteiger partial charge in [0.15, 0.2) is 5.82 Å². The van der Waals surface area contributed by atoms with E-state index in [9.17, 15) is 9.59 Å². The van der Waals surface area contributed by atoms with Crippen molar-refractivity contribution in [2.45, 2.75) is 114 Å². The zero-order chi connectivity index (χ0) is 28.0. The molecule has 2 unspecified atom stereocenters. The summed E-state index contributed by atoms with van der Waals surface area (Å²) in [5.41, 5.74) is 1.19. The summed E-state index contributed by atoms with van der Waals surface area (Å²) in [6, 6.07) is 4.41. The molecule has 11 heteroatoms. The van der Waals surface area contributed by atoms with E-state index in [0.29, 0.717) is 30.0 Å². The topological polar surface area (TPSA) is 140 Å². The summed E-state index contributed by atoms with van der Waals surface area (Å²) in [7, 11) is 0. The third-order valence-electron chi connectivity index (χ3n) is 9.33. The predicted molar refractivity (Wildman–Crippen MR) is 158 cm³/mol. The number of aliphatic imine (C=N–C) groups is 1. The monoisotopic (exact) mass is 561 g/mol. The van der Waals surface area contributed by atoms with E-state index in [0.717, 1.165) is 70.2 Å². The predicted octanol–water partition coefficient (Wildman–Crippen LogP) is 5.09. The van der Waals surface area contributed by atoms with Gasteiger partial charge in [-0.1, -0.05) is 12.8 Å². The van der Waals surface area contributed by atoms with Crippen LogP contribution < -0.4 is 16.0 Å². The summed E-state index contributed by atoms with van der Waals surface area (Å²) in [4.78, 5) is 40.3. The Kier molecular flexibility index (Phi) is 8.77. The molecule has 0 spiro atoms. The van der Waals surface area contributed by atoms with Gasteiger partial charge in [-0.3, -0.25) is 9.89 Å². The average molecular weight is 562 g/mol. The molecule has 4 N–H and O–H groups in total. The third-order valence-corrected chi connectivity index (χ3v) is 9.33. The van der Waals surface area contributed by atoms with Crippen LogP contribution in [0.2, 0.25) is 0 Å². The van der Waals surface area contributed by atoms with E-state index in [2.05, 4.69) is 47.2 Å². The number of nitrogens with one attached hydrogen (secondary N) is 4. The van der Waals surface area contributed by atoms with Crippen LogP contribution in [0.5, 0.6) is 0 Å². The van der Waals surface area contributed by atoms with Gasteiger partial charge in [-0.2, -0.15) is 10.1 Å². The van der Waals surface area contributed by atoms with Crippen molar-refractivity contribution in [2.24, 2.45) is 10.9 Å². The number of hydrogen-bond donors (Lipinski definition) is 4. The summed E-state index contributed by atoms with van der Waals surface area (Å²) >= 11 is 0. The molecule has 2 aromatic rings. The molecule has 2 atom stereocenters. The highest BCUT2D eigenvalue weighted by molar-refractivity contribution is 5.78. The number of anilines is 2. The summed E-state index contributed by atoms with van der Waals surface area (Å²) in [6.07, 6.45) is 18.1. The van der Waals surface area contributed by atoms with Gasteiger partial charge in [-0.05, 0) is 82.6 Å². The zero-order valence-electron chi connectivity index (χ0n) is 23.9. The first kappa shape index (κ1) is 27.7. The molecule has 3 saturated carbocycles. The number of amides is 3. The van der Waals surface area contributed by atoms with E-state index in [1.54, 1.807) is 6.20 Å². The van der Waals surface area contributed by atoms with Crippen molar-refractivity contribution in [3.8, 4) is 0 Å². The first-order chi connectivity index (χ1) is 20.1. The Hall–Kier alpha value is -3.50.